The van der Waals surface area contributed by atoms with E-state index in [0.29, 0.717) is 19.5 Å². The predicted octanol–water partition coefficient (Wildman–Crippen LogP) is 1.49. The Morgan fingerprint density at radius 3 is 2.31 bits per heavy atom. The first kappa shape index (κ1) is 11.9. The molecule has 0 atom stereocenters. The fourth-order valence-electron chi connectivity index (χ4n) is 0.937. The molecule has 0 aliphatic carbocycles. The molecule has 0 aliphatic heterocycles. The summed E-state index contributed by atoms with van der Waals surface area (Å²) in [4.78, 5) is 11.2. The number of carbonyl (C=O) groups excluding carboxylic acids is 1. The van der Waals surface area contributed by atoms with E-state index in [9.17, 15) is 4.79 Å². The molecule has 0 saturated heterocycles. The van der Waals surface area contributed by atoms with Crippen molar-refractivity contribution in [3.05, 3.63) is 25.3 Å². The minimum absolute atomic E-state index is 0.0474. The van der Waals surface area contributed by atoms with E-state index in [1.165, 1.54) is 0 Å². The highest BCUT2D eigenvalue weighted by atomic mass is 16.2. The van der Waals surface area contributed by atoms with E-state index in [-0.39, 0.29) is 5.91 Å². The summed E-state index contributed by atoms with van der Waals surface area (Å²) < 4.78 is 0. The van der Waals surface area contributed by atoms with Gasteiger partial charge in [0.15, 0.2) is 0 Å². The SMILES string of the molecule is C=CCN(CC=C)NC(=O)CCC. The van der Waals surface area contributed by atoms with Crippen LogP contribution in [0, 0.1) is 0 Å². The summed E-state index contributed by atoms with van der Waals surface area (Å²) in [6.45, 7) is 10.5. The highest BCUT2D eigenvalue weighted by Gasteiger charge is 2.04. The molecule has 0 saturated carbocycles. The summed E-state index contributed by atoms with van der Waals surface area (Å²) in [5, 5.41) is 1.78. The second kappa shape index (κ2) is 7.55. The van der Waals surface area contributed by atoms with Gasteiger partial charge in [-0.2, -0.15) is 0 Å². The quantitative estimate of drug-likeness (QED) is 0.478. The summed E-state index contributed by atoms with van der Waals surface area (Å²) in [6, 6.07) is 0. The Hall–Kier alpha value is -1.09. The van der Waals surface area contributed by atoms with Crippen LogP contribution in [0.2, 0.25) is 0 Å². The standard InChI is InChI=1S/C10H18N2O/c1-4-7-10(13)11-12(8-5-2)9-6-3/h5-6H,2-4,7-9H2,1H3,(H,11,13). The normalized spacial score (nSPS) is 9.69. The molecule has 0 aliphatic rings. The number of hydrazine groups is 1. The van der Waals surface area contributed by atoms with Gasteiger partial charge in [-0.3, -0.25) is 10.2 Å². The van der Waals surface area contributed by atoms with E-state index in [1.807, 2.05) is 6.92 Å². The topological polar surface area (TPSA) is 32.3 Å². The first-order valence-corrected chi connectivity index (χ1v) is 4.50. The van der Waals surface area contributed by atoms with Crippen LogP contribution in [-0.2, 0) is 4.79 Å². The van der Waals surface area contributed by atoms with Crippen molar-refractivity contribution >= 4 is 5.91 Å². The number of hydrogen-bond acceptors (Lipinski definition) is 2. The first-order valence-electron chi connectivity index (χ1n) is 4.50. The van der Waals surface area contributed by atoms with E-state index in [1.54, 1.807) is 17.2 Å². The van der Waals surface area contributed by atoms with Gasteiger partial charge in [-0.1, -0.05) is 19.1 Å². The summed E-state index contributed by atoms with van der Waals surface area (Å²) >= 11 is 0. The Morgan fingerprint density at radius 2 is 1.92 bits per heavy atom. The number of hydrogen-bond donors (Lipinski definition) is 1. The second-order valence-electron chi connectivity index (χ2n) is 2.77. The largest absolute Gasteiger partial charge is 0.288 e. The van der Waals surface area contributed by atoms with Crippen LogP contribution in [0.3, 0.4) is 0 Å². The third kappa shape index (κ3) is 6.11. The molecular formula is C10H18N2O. The molecule has 1 amide bonds. The van der Waals surface area contributed by atoms with E-state index in [2.05, 4.69) is 18.6 Å². The van der Waals surface area contributed by atoms with Crippen molar-refractivity contribution in [2.75, 3.05) is 13.1 Å². The molecule has 0 bridgehead atoms. The number of nitrogens with one attached hydrogen (secondary N) is 1. The smallest absolute Gasteiger partial charge is 0.234 e. The maximum absolute atomic E-state index is 11.2. The molecule has 0 spiro atoms. The van der Waals surface area contributed by atoms with Gasteiger partial charge < -0.3 is 0 Å². The third-order valence-corrected chi connectivity index (χ3v) is 1.46. The average molecular weight is 182 g/mol. The Bertz CT molecular complexity index is 168. The van der Waals surface area contributed by atoms with Gasteiger partial charge in [0.1, 0.15) is 0 Å². The molecular weight excluding hydrogens is 164 g/mol. The predicted molar refractivity (Wildman–Crippen MR) is 55.0 cm³/mol. The van der Waals surface area contributed by atoms with Crippen LogP contribution in [0.1, 0.15) is 19.8 Å². The van der Waals surface area contributed by atoms with Crippen LogP contribution >= 0.6 is 0 Å². The van der Waals surface area contributed by atoms with Crippen molar-refractivity contribution in [3.63, 3.8) is 0 Å². The molecule has 0 rings (SSSR count). The van der Waals surface area contributed by atoms with Gasteiger partial charge in [0.05, 0.1) is 0 Å². The average Bonchev–Trinajstić information content (AvgIpc) is 2.05. The number of carbonyl (C=O) groups is 1. The van der Waals surface area contributed by atoms with Gasteiger partial charge in [0.25, 0.3) is 0 Å². The summed E-state index contributed by atoms with van der Waals surface area (Å²) in [6.07, 6.45) is 4.91. The minimum atomic E-state index is 0.0474. The summed E-state index contributed by atoms with van der Waals surface area (Å²) in [5.41, 5.74) is 2.77. The Labute approximate surface area is 80.1 Å². The van der Waals surface area contributed by atoms with Crippen molar-refractivity contribution in [2.45, 2.75) is 19.8 Å². The lowest BCUT2D eigenvalue weighted by Gasteiger charge is -2.19. The highest BCUT2D eigenvalue weighted by Crippen LogP contribution is 1.89. The van der Waals surface area contributed by atoms with Crippen LogP contribution in [0.5, 0.6) is 0 Å². The van der Waals surface area contributed by atoms with Crippen LogP contribution in [0.4, 0.5) is 0 Å². The van der Waals surface area contributed by atoms with E-state index in [0.717, 1.165) is 6.42 Å². The molecule has 74 valence electrons. The van der Waals surface area contributed by atoms with Crippen molar-refractivity contribution < 1.29 is 4.79 Å². The molecule has 0 aromatic carbocycles. The minimum Gasteiger partial charge on any atom is -0.288 e. The van der Waals surface area contributed by atoms with Gasteiger partial charge >= 0.3 is 0 Å². The molecule has 0 heterocycles. The van der Waals surface area contributed by atoms with Gasteiger partial charge in [-0.25, -0.2) is 5.01 Å². The molecule has 0 radical (unpaired) electrons. The number of amides is 1. The second-order valence-corrected chi connectivity index (χ2v) is 2.77. The van der Waals surface area contributed by atoms with Crippen molar-refractivity contribution in [2.24, 2.45) is 0 Å². The Balaban J connectivity index is 3.84. The summed E-state index contributed by atoms with van der Waals surface area (Å²) in [7, 11) is 0. The van der Waals surface area contributed by atoms with Crippen molar-refractivity contribution in [3.8, 4) is 0 Å². The third-order valence-electron chi connectivity index (χ3n) is 1.46. The number of nitrogens with zero attached hydrogens (tertiary/aromatic N) is 1. The molecule has 0 aromatic rings. The fourth-order valence-corrected chi connectivity index (χ4v) is 0.937. The highest BCUT2D eigenvalue weighted by molar-refractivity contribution is 5.75. The lowest BCUT2D eigenvalue weighted by molar-refractivity contribution is -0.125. The maximum Gasteiger partial charge on any atom is 0.234 e. The van der Waals surface area contributed by atoms with Crippen LogP contribution < -0.4 is 5.43 Å². The molecule has 13 heavy (non-hydrogen) atoms. The van der Waals surface area contributed by atoms with E-state index < -0.39 is 0 Å². The lowest BCUT2D eigenvalue weighted by atomic mass is 10.3. The first-order chi connectivity index (χ1) is 6.24. The Kier molecular flexibility index (Phi) is 6.92. The molecule has 1 N–H and O–H groups in total. The number of rotatable bonds is 7. The molecule has 0 unspecified atom stereocenters. The van der Waals surface area contributed by atoms with Crippen LogP contribution in [0.25, 0.3) is 0 Å². The van der Waals surface area contributed by atoms with Gasteiger partial charge in [0.2, 0.25) is 5.91 Å². The van der Waals surface area contributed by atoms with Crippen LogP contribution in [0.15, 0.2) is 25.3 Å². The molecule has 0 aromatic heterocycles. The van der Waals surface area contributed by atoms with Crippen molar-refractivity contribution in [1.82, 2.24) is 10.4 Å². The van der Waals surface area contributed by atoms with E-state index in [4.69, 9.17) is 0 Å². The zero-order chi connectivity index (χ0) is 10.1. The van der Waals surface area contributed by atoms with Crippen LogP contribution in [-0.4, -0.2) is 24.0 Å². The molecule has 3 nitrogen and oxygen atoms in total. The van der Waals surface area contributed by atoms with Gasteiger partial charge in [-0.05, 0) is 6.42 Å². The summed E-state index contributed by atoms with van der Waals surface area (Å²) in [5.74, 6) is 0.0474. The molecule has 0 fully saturated rings. The van der Waals surface area contributed by atoms with E-state index >= 15 is 0 Å². The monoisotopic (exact) mass is 182 g/mol. The molecule has 3 heteroatoms. The zero-order valence-corrected chi connectivity index (χ0v) is 8.25. The van der Waals surface area contributed by atoms with Gasteiger partial charge in [-0.15, -0.1) is 13.2 Å². The lowest BCUT2D eigenvalue weighted by Crippen LogP contribution is -2.42. The fraction of sp³-hybridized carbons (Fsp3) is 0.500. The van der Waals surface area contributed by atoms with Crippen molar-refractivity contribution in [1.29, 1.82) is 0 Å². The van der Waals surface area contributed by atoms with Gasteiger partial charge in [0, 0.05) is 19.5 Å². The Morgan fingerprint density at radius 1 is 1.38 bits per heavy atom. The zero-order valence-electron chi connectivity index (χ0n) is 8.25. The maximum atomic E-state index is 11.2.